The van der Waals surface area contributed by atoms with Crippen molar-refractivity contribution < 1.29 is 4.74 Å². The van der Waals surface area contributed by atoms with E-state index < -0.39 is 0 Å². The average Bonchev–Trinajstić information content (AvgIpc) is 2.54. The summed E-state index contributed by atoms with van der Waals surface area (Å²) in [7, 11) is 4.28. The van der Waals surface area contributed by atoms with E-state index >= 15 is 0 Å². The Morgan fingerprint density at radius 3 is 2.56 bits per heavy atom. The second kappa shape index (κ2) is 9.70. The van der Waals surface area contributed by atoms with Crippen molar-refractivity contribution >= 4 is 0 Å². The summed E-state index contributed by atoms with van der Waals surface area (Å²) in [4.78, 5) is 2.25. The van der Waals surface area contributed by atoms with Gasteiger partial charge in [0.2, 0.25) is 0 Å². The van der Waals surface area contributed by atoms with Crippen molar-refractivity contribution in [2.45, 2.75) is 58.0 Å². The summed E-state index contributed by atoms with van der Waals surface area (Å²) < 4.78 is 5.96. The number of ether oxygens (including phenoxy) is 1. The first-order valence-electron chi connectivity index (χ1n) is 9.93. The first-order valence-corrected chi connectivity index (χ1v) is 9.93. The molecule has 0 saturated carbocycles. The van der Waals surface area contributed by atoms with Crippen molar-refractivity contribution in [1.29, 1.82) is 0 Å². The number of nitrogens with one attached hydrogen (secondary N) is 1. The van der Waals surface area contributed by atoms with E-state index in [4.69, 9.17) is 4.74 Å². The number of hydrogen-bond donors (Lipinski definition) is 1. The van der Waals surface area contributed by atoms with Crippen molar-refractivity contribution in [2.24, 2.45) is 5.92 Å². The molecule has 1 saturated heterocycles. The highest BCUT2D eigenvalue weighted by Crippen LogP contribution is 2.39. The van der Waals surface area contributed by atoms with Gasteiger partial charge < -0.3 is 15.0 Å². The van der Waals surface area contributed by atoms with E-state index in [0.29, 0.717) is 5.92 Å². The van der Waals surface area contributed by atoms with Crippen molar-refractivity contribution in [2.75, 3.05) is 40.3 Å². The van der Waals surface area contributed by atoms with E-state index in [2.05, 4.69) is 69.3 Å². The number of rotatable bonds is 9. The quantitative estimate of drug-likeness (QED) is 0.678. The van der Waals surface area contributed by atoms with Crippen LogP contribution in [-0.4, -0.2) is 50.8 Å². The number of nitrogens with zero attached hydrogens (tertiary/aromatic N) is 1. The third-order valence-corrected chi connectivity index (χ3v) is 5.40. The molecule has 0 unspecified atom stereocenters. The molecule has 0 aromatic heterocycles. The molecule has 0 bridgehead atoms. The van der Waals surface area contributed by atoms with Gasteiger partial charge in [0, 0.05) is 6.61 Å². The average molecular weight is 347 g/mol. The lowest BCUT2D eigenvalue weighted by Crippen LogP contribution is -2.37. The van der Waals surface area contributed by atoms with Crippen LogP contribution in [0.5, 0.6) is 0 Å². The van der Waals surface area contributed by atoms with Gasteiger partial charge in [-0.3, -0.25) is 0 Å². The standard InChI is InChI=1S/C22H38N2O/c1-18-7-9-19(10-8-18)21(11-14-23-13-6-15-24(4)5)20-12-16-25-22(2,3)17-20/h7-10,20-21,23H,6,11-17H2,1-5H3/t20-,21+/m1/s1. The van der Waals surface area contributed by atoms with Crippen molar-refractivity contribution in [1.82, 2.24) is 10.2 Å². The summed E-state index contributed by atoms with van der Waals surface area (Å²) in [6.45, 7) is 10.9. The zero-order chi connectivity index (χ0) is 18.3. The molecular weight excluding hydrogens is 308 g/mol. The summed E-state index contributed by atoms with van der Waals surface area (Å²) >= 11 is 0. The molecule has 0 amide bonds. The second-order valence-corrected chi connectivity index (χ2v) is 8.57. The highest BCUT2D eigenvalue weighted by Gasteiger charge is 2.33. The SMILES string of the molecule is Cc1ccc([C@H](CCNCCCN(C)C)[C@@H]2CCOC(C)(C)C2)cc1. The van der Waals surface area contributed by atoms with Crippen LogP contribution in [0.2, 0.25) is 0 Å². The molecule has 0 spiro atoms. The molecule has 2 atom stereocenters. The molecule has 0 aliphatic carbocycles. The Balaban J connectivity index is 1.94. The van der Waals surface area contributed by atoms with Crippen molar-refractivity contribution in [3.05, 3.63) is 35.4 Å². The molecule has 25 heavy (non-hydrogen) atoms. The van der Waals surface area contributed by atoms with Gasteiger partial charge in [-0.05, 0) is 97.6 Å². The first-order chi connectivity index (χ1) is 11.9. The van der Waals surface area contributed by atoms with Gasteiger partial charge in [0.15, 0.2) is 0 Å². The minimum absolute atomic E-state index is 0.0189. The lowest BCUT2D eigenvalue weighted by atomic mass is 9.75. The van der Waals surface area contributed by atoms with Gasteiger partial charge in [0.1, 0.15) is 0 Å². The summed E-state index contributed by atoms with van der Waals surface area (Å²) in [5.74, 6) is 1.35. The monoisotopic (exact) mass is 346 g/mol. The highest BCUT2D eigenvalue weighted by molar-refractivity contribution is 5.25. The maximum atomic E-state index is 5.96. The summed E-state index contributed by atoms with van der Waals surface area (Å²) in [5, 5.41) is 3.65. The van der Waals surface area contributed by atoms with Gasteiger partial charge in [-0.2, -0.15) is 0 Å². The molecule has 3 heteroatoms. The largest absolute Gasteiger partial charge is 0.376 e. The Hall–Kier alpha value is -0.900. The van der Waals surface area contributed by atoms with E-state index in [1.165, 1.54) is 30.4 Å². The minimum Gasteiger partial charge on any atom is -0.376 e. The van der Waals surface area contributed by atoms with Gasteiger partial charge in [0.25, 0.3) is 0 Å². The minimum atomic E-state index is 0.0189. The van der Waals surface area contributed by atoms with Gasteiger partial charge in [0.05, 0.1) is 5.60 Å². The number of hydrogen-bond acceptors (Lipinski definition) is 3. The lowest BCUT2D eigenvalue weighted by molar-refractivity contribution is -0.0771. The first kappa shape index (κ1) is 20.4. The Bertz CT molecular complexity index is 495. The van der Waals surface area contributed by atoms with Gasteiger partial charge in [-0.25, -0.2) is 0 Å². The van der Waals surface area contributed by atoms with Crippen LogP contribution in [0.4, 0.5) is 0 Å². The Labute approximate surface area is 155 Å². The van der Waals surface area contributed by atoms with Crippen LogP contribution < -0.4 is 5.32 Å². The molecular formula is C22H38N2O. The summed E-state index contributed by atoms with van der Waals surface area (Å²) in [6, 6.07) is 9.21. The van der Waals surface area contributed by atoms with E-state index in [1.54, 1.807) is 0 Å². The molecule has 1 N–H and O–H groups in total. The zero-order valence-electron chi connectivity index (χ0n) is 17.0. The van der Waals surface area contributed by atoms with Gasteiger partial charge in [-0.15, -0.1) is 0 Å². The third kappa shape index (κ3) is 7.08. The molecule has 1 aliphatic heterocycles. The molecule has 1 aliphatic rings. The zero-order valence-corrected chi connectivity index (χ0v) is 17.0. The van der Waals surface area contributed by atoms with E-state index in [-0.39, 0.29) is 5.60 Å². The topological polar surface area (TPSA) is 24.5 Å². The fourth-order valence-corrected chi connectivity index (χ4v) is 4.01. The van der Waals surface area contributed by atoms with Crippen LogP contribution in [0.1, 0.15) is 56.6 Å². The number of benzene rings is 1. The Morgan fingerprint density at radius 2 is 1.92 bits per heavy atom. The Kier molecular flexibility index (Phi) is 7.92. The van der Waals surface area contributed by atoms with Gasteiger partial charge in [-0.1, -0.05) is 29.8 Å². The molecule has 1 heterocycles. The van der Waals surface area contributed by atoms with Crippen molar-refractivity contribution in [3.63, 3.8) is 0 Å². The van der Waals surface area contributed by atoms with E-state index in [9.17, 15) is 0 Å². The molecule has 1 aromatic rings. The molecule has 1 aromatic carbocycles. The maximum absolute atomic E-state index is 5.96. The van der Waals surface area contributed by atoms with E-state index in [0.717, 1.165) is 38.6 Å². The predicted molar refractivity (Wildman–Crippen MR) is 107 cm³/mol. The normalized spacial score (nSPS) is 21.4. The molecule has 2 rings (SSSR count). The summed E-state index contributed by atoms with van der Waals surface area (Å²) in [5.41, 5.74) is 2.87. The maximum Gasteiger partial charge on any atom is 0.0629 e. The third-order valence-electron chi connectivity index (χ3n) is 5.40. The van der Waals surface area contributed by atoms with E-state index in [1.807, 2.05) is 0 Å². The fraction of sp³-hybridized carbons (Fsp3) is 0.727. The molecule has 1 fully saturated rings. The Morgan fingerprint density at radius 1 is 1.20 bits per heavy atom. The van der Waals surface area contributed by atoms with Gasteiger partial charge >= 0.3 is 0 Å². The van der Waals surface area contributed by atoms with Crippen LogP contribution in [0.25, 0.3) is 0 Å². The molecule has 0 radical (unpaired) electrons. The predicted octanol–water partition coefficient (Wildman–Crippen LogP) is 4.22. The molecule has 142 valence electrons. The number of aryl methyl sites for hydroxylation is 1. The van der Waals surface area contributed by atoms with Crippen LogP contribution in [-0.2, 0) is 4.74 Å². The fourth-order valence-electron chi connectivity index (χ4n) is 4.01. The second-order valence-electron chi connectivity index (χ2n) is 8.57. The van der Waals surface area contributed by atoms with Crippen LogP contribution in [0.3, 0.4) is 0 Å². The highest BCUT2D eigenvalue weighted by atomic mass is 16.5. The van der Waals surface area contributed by atoms with Crippen molar-refractivity contribution in [3.8, 4) is 0 Å². The lowest BCUT2D eigenvalue weighted by Gasteiger charge is -2.39. The smallest absolute Gasteiger partial charge is 0.0629 e. The van der Waals surface area contributed by atoms with Crippen LogP contribution in [0, 0.1) is 12.8 Å². The van der Waals surface area contributed by atoms with Crippen LogP contribution in [0.15, 0.2) is 24.3 Å². The summed E-state index contributed by atoms with van der Waals surface area (Å²) in [6.07, 6.45) is 4.77. The molecule has 3 nitrogen and oxygen atoms in total. The van der Waals surface area contributed by atoms with Crippen LogP contribution >= 0.6 is 0 Å².